The van der Waals surface area contributed by atoms with Crippen molar-refractivity contribution in [3.05, 3.63) is 30.6 Å². The van der Waals surface area contributed by atoms with Crippen molar-refractivity contribution in [2.75, 3.05) is 23.3 Å². The van der Waals surface area contributed by atoms with Crippen LogP contribution in [-0.2, 0) is 0 Å². The zero-order valence-electron chi connectivity index (χ0n) is 11.2. The first kappa shape index (κ1) is 13.2. The lowest BCUT2D eigenvalue weighted by atomic mass is 10.3. The van der Waals surface area contributed by atoms with Crippen LogP contribution in [0.4, 0.5) is 17.3 Å². The van der Waals surface area contributed by atoms with Crippen LogP contribution in [0.3, 0.4) is 0 Å². The molecule has 8 nitrogen and oxygen atoms in total. The summed E-state index contributed by atoms with van der Waals surface area (Å²) in [6.45, 7) is 1.76. The molecule has 1 saturated heterocycles. The van der Waals surface area contributed by atoms with Gasteiger partial charge in [0.15, 0.2) is 11.5 Å². The molecule has 2 aromatic heterocycles. The quantitative estimate of drug-likeness (QED) is 0.866. The highest BCUT2D eigenvalue weighted by Gasteiger charge is 2.19. The van der Waals surface area contributed by atoms with E-state index in [2.05, 4.69) is 25.3 Å². The molecular formula is C13H14N6O2. The van der Waals surface area contributed by atoms with Gasteiger partial charge in [-0.1, -0.05) is 0 Å². The van der Waals surface area contributed by atoms with Crippen molar-refractivity contribution in [3.63, 3.8) is 0 Å². The number of hydrogen-bond acceptors (Lipinski definition) is 7. The maximum absolute atomic E-state index is 11.4. The minimum Gasteiger partial charge on any atom is -0.476 e. The largest absolute Gasteiger partial charge is 0.476 e. The number of anilines is 3. The summed E-state index contributed by atoms with van der Waals surface area (Å²) < 4.78 is 0. The van der Waals surface area contributed by atoms with Gasteiger partial charge in [-0.3, -0.25) is 0 Å². The topological polar surface area (TPSA) is 104 Å². The van der Waals surface area contributed by atoms with Gasteiger partial charge in [0.1, 0.15) is 12.1 Å². The van der Waals surface area contributed by atoms with E-state index in [0.717, 1.165) is 25.9 Å². The second-order valence-corrected chi connectivity index (χ2v) is 4.68. The number of hydrogen-bond donors (Lipinski definition) is 2. The summed E-state index contributed by atoms with van der Waals surface area (Å²) in [5.74, 6) is -0.345. The molecule has 0 radical (unpaired) electrons. The van der Waals surface area contributed by atoms with Gasteiger partial charge in [0.25, 0.3) is 0 Å². The molecular weight excluding hydrogens is 272 g/mol. The zero-order chi connectivity index (χ0) is 14.7. The Kier molecular flexibility index (Phi) is 3.59. The molecule has 0 saturated carbocycles. The molecule has 0 atom stereocenters. The molecule has 0 amide bonds. The standard InChI is InChI=1S/C13H14N6O2/c20-13(21)11-12(17-9-5-14-8-15-6-9)16-7-10(18-11)19-3-1-2-4-19/h5-8H,1-4H2,(H,16,17)(H,20,21). The van der Waals surface area contributed by atoms with E-state index in [4.69, 9.17) is 0 Å². The second kappa shape index (κ2) is 5.70. The van der Waals surface area contributed by atoms with Crippen molar-refractivity contribution >= 4 is 23.3 Å². The Hall–Kier alpha value is -2.77. The number of nitrogens with zero attached hydrogens (tertiary/aromatic N) is 5. The SMILES string of the molecule is O=C(O)c1nc(N2CCCC2)cnc1Nc1cncnc1. The second-order valence-electron chi connectivity index (χ2n) is 4.68. The van der Waals surface area contributed by atoms with Gasteiger partial charge in [-0.25, -0.2) is 24.7 Å². The molecule has 1 fully saturated rings. The van der Waals surface area contributed by atoms with Gasteiger partial charge >= 0.3 is 5.97 Å². The summed E-state index contributed by atoms with van der Waals surface area (Å²) >= 11 is 0. The first-order chi connectivity index (χ1) is 10.2. The van der Waals surface area contributed by atoms with E-state index >= 15 is 0 Å². The van der Waals surface area contributed by atoms with Crippen molar-refractivity contribution in [1.82, 2.24) is 19.9 Å². The summed E-state index contributed by atoms with van der Waals surface area (Å²) in [7, 11) is 0. The first-order valence-corrected chi connectivity index (χ1v) is 6.61. The minimum absolute atomic E-state index is 0.108. The van der Waals surface area contributed by atoms with Crippen molar-refractivity contribution in [1.29, 1.82) is 0 Å². The first-order valence-electron chi connectivity index (χ1n) is 6.61. The maximum atomic E-state index is 11.4. The smallest absolute Gasteiger partial charge is 0.358 e. The summed E-state index contributed by atoms with van der Waals surface area (Å²) in [6.07, 6.45) is 8.23. The van der Waals surface area contributed by atoms with Crippen LogP contribution in [0.5, 0.6) is 0 Å². The molecule has 0 aliphatic carbocycles. The number of rotatable bonds is 4. The highest BCUT2D eigenvalue weighted by Crippen LogP contribution is 2.22. The molecule has 108 valence electrons. The molecule has 3 rings (SSSR count). The maximum Gasteiger partial charge on any atom is 0.358 e. The van der Waals surface area contributed by atoms with Crippen molar-refractivity contribution in [2.45, 2.75) is 12.8 Å². The summed E-state index contributed by atoms with van der Waals surface area (Å²) in [5, 5.41) is 12.2. The Bertz CT molecular complexity index is 642. The Balaban J connectivity index is 1.91. The Morgan fingerprint density at radius 2 is 1.90 bits per heavy atom. The third-order valence-electron chi connectivity index (χ3n) is 3.22. The van der Waals surface area contributed by atoms with Gasteiger partial charge < -0.3 is 15.3 Å². The van der Waals surface area contributed by atoms with Gasteiger partial charge in [0.2, 0.25) is 0 Å². The highest BCUT2D eigenvalue weighted by molar-refractivity contribution is 5.92. The van der Waals surface area contributed by atoms with Crippen LogP contribution in [0.2, 0.25) is 0 Å². The average Bonchev–Trinajstić information content (AvgIpc) is 3.03. The van der Waals surface area contributed by atoms with Crippen LogP contribution in [0, 0.1) is 0 Å². The van der Waals surface area contributed by atoms with Crippen LogP contribution in [0.25, 0.3) is 0 Å². The Labute approximate surface area is 120 Å². The monoisotopic (exact) mass is 286 g/mol. The number of nitrogens with one attached hydrogen (secondary N) is 1. The highest BCUT2D eigenvalue weighted by atomic mass is 16.4. The number of carboxylic acid groups (broad SMARTS) is 1. The third kappa shape index (κ3) is 2.88. The normalized spacial score (nSPS) is 14.2. The molecule has 2 N–H and O–H groups in total. The van der Waals surface area contributed by atoms with E-state index in [-0.39, 0.29) is 11.5 Å². The number of aromatic nitrogens is 4. The van der Waals surface area contributed by atoms with Crippen LogP contribution in [0.1, 0.15) is 23.3 Å². The van der Waals surface area contributed by atoms with Gasteiger partial charge in [0, 0.05) is 13.1 Å². The number of carboxylic acids is 1. The molecule has 2 aromatic rings. The molecule has 3 heterocycles. The fourth-order valence-electron chi connectivity index (χ4n) is 2.22. The molecule has 8 heteroatoms. The van der Waals surface area contributed by atoms with E-state index in [9.17, 15) is 9.90 Å². The molecule has 0 bridgehead atoms. The predicted molar refractivity (Wildman–Crippen MR) is 75.8 cm³/mol. The lowest BCUT2D eigenvalue weighted by Crippen LogP contribution is -2.21. The molecule has 21 heavy (non-hydrogen) atoms. The summed E-state index contributed by atoms with van der Waals surface area (Å²) in [5.41, 5.74) is 0.450. The summed E-state index contributed by atoms with van der Waals surface area (Å²) in [4.78, 5) is 29.5. The average molecular weight is 286 g/mol. The van der Waals surface area contributed by atoms with Gasteiger partial charge in [-0.05, 0) is 12.8 Å². The number of carbonyl (C=O) groups is 1. The molecule has 0 aromatic carbocycles. The fourth-order valence-corrected chi connectivity index (χ4v) is 2.22. The molecule has 1 aliphatic rings. The molecule has 1 aliphatic heterocycles. The van der Waals surface area contributed by atoms with Crippen molar-refractivity contribution in [2.24, 2.45) is 0 Å². The lowest BCUT2D eigenvalue weighted by molar-refractivity contribution is 0.0691. The zero-order valence-corrected chi connectivity index (χ0v) is 11.2. The number of aromatic carboxylic acids is 1. The van der Waals surface area contributed by atoms with E-state index in [0.29, 0.717) is 11.5 Å². The van der Waals surface area contributed by atoms with E-state index < -0.39 is 5.97 Å². The van der Waals surface area contributed by atoms with Gasteiger partial charge in [0.05, 0.1) is 24.3 Å². The van der Waals surface area contributed by atoms with Crippen LogP contribution in [-0.4, -0.2) is 44.1 Å². The molecule has 0 spiro atoms. The lowest BCUT2D eigenvalue weighted by Gasteiger charge is -2.17. The van der Waals surface area contributed by atoms with Crippen LogP contribution in [0.15, 0.2) is 24.9 Å². The Morgan fingerprint density at radius 3 is 2.57 bits per heavy atom. The van der Waals surface area contributed by atoms with E-state index in [1.54, 1.807) is 6.20 Å². The predicted octanol–water partition coefficient (Wildman–Crippen LogP) is 1.31. The van der Waals surface area contributed by atoms with Crippen LogP contribution >= 0.6 is 0 Å². The van der Waals surface area contributed by atoms with Gasteiger partial charge in [-0.2, -0.15) is 0 Å². The third-order valence-corrected chi connectivity index (χ3v) is 3.22. The van der Waals surface area contributed by atoms with Crippen molar-refractivity contribution < 1.29 is 9.90 Å². The fraction of sp³-hybridized carbons (Fsp3) is 0.308. The Morgan fingerprint density at radius 1 is 1.19 bits per heavy atom. The van der Waals surface area contributed by atoms with E-state index in [1.165, 1.54) is 18.7 Å². The van der Waals surface area contributed by atoms with Crippen molar-refractivity contribution in [3.8, 4) is 0 Å². The van der Waals surface area contributed by atoms with E-state index in [1.807, 2.05) is 4.90 Å². The minimum atomic E-state index is -1.12. The molecule has 0 unspecified atom stereocenters. The van der Waals surface area contributed by atoms with Gasteiger partial charge in [-0.15, -0.1) is 0 Å². The summed E-state index contributed by atoms with van der Waals surface area (Å²) in [6, 6.07) is 0. The van der Waals surface area contributed by atoms with Crippen LogP contribution < -0.4 is 10.2 Å².